The smallest absolute Gasteiger partial charge is 0.433 e. The average molecular weight is 407 g/mol. The van der Waals surface area contributed by atoms with E-state index in [0.717, 1.165) is 17.7 Å². The molecular weight excluding hydrogens is 387 g/mol. The summed E-state index contributed by atoms with van der Waals surface area (Å²) < 4.78 is 38.3. The number of pyridine rings is 1. The minimum Gasteiger partial charge on any atom is -0.481 e. The maximum atomic E-state index is 12.8. The number of nitrogens with zero attached hydrogens (tertiary/aromatic N) is 2. The number of piperidine rings is 1. The van der Waals surface area contributed by atoms with Crippen LogP contribution in [0.25, 0.3) is 0 Å². The van der Waals surface area contributed by atoms with E-state index in [0.29, 0.717) is 38.2 Å². The van der Waals surface area contributed by atoms with E-state index in [1.165, 1.54) is 6.07 Å². The second-order valence-corrected chi connectivity index (χ2v) is 6.95. The van der Waals surface area contributed by atoms with Gasteiger partial charge < -0.3 is 10.4 Å². The molecule has 0 bridgehead atoms. The highest BCUT2D eigenvalue weighted by Gasteiger charge is 2.33. The number of hydrogen-bond donors (Lipinski definition) is 2. The van der Waals surface area contributed by atoms with Gasteiger partial charge in [0.1, 0.15) is 11.4 Å². The zero-order valence-corrected chi connectivity index (χ0v) is 15.4. The van der Waals surface area contributed by atoms with Crippen LogP contribution in [0.3, 0.4) is 0 Å². The molecule has 6 nitrogen and oxygen atoms in total. The number of hydrogen-bond acceptors (Lipinski definition) is 4. The fraction of sp³-hybridized carbons (Fsp3) is 0.350. The molecular formula is C20H20F3N3O3. The first kappa shape index (κ1) is 20.8. The standard InChI is InChI=1S/C20H20F3N3O3/c21-20(22,23)17-6-2-5-16(25-17)18(27)24-15-4-1-3-13(11-15)12-26-9-7-14(8-10-26)19(28)29/h1-6,11,14H,7-10,12H2,(H,24,27)(H,28,29). The zero-order valence-electron chi connectivity index (χ0n) is 15.4. The number of likely N-dealkylation sites (tertiary alicyclic amines) is 1. The van der Waals surface area contributed by atoms with Gasteiger partial charge in [0.05, 0.1) is 5.92 Å². The number of benzene rings is 1. The fourth-order valence-corrected chi connectivity index (χ4v) is 3.26. The van der Waals surface area contributed by atoms with E-state index in [1.807, 2.05) is 6.07 Å². The summed E-state index contributed by atoms with van der Waals surface area (Å²) >= 11 is 0. The molecule has 2 heterocycles. The van der Waals surface area contributed by atoms with Crippen molar-refractivity contribution < 1.29 is 27.9 Å². The van der Waals surface area contributed by atoms with Gasteiger partial charge in [0.25, 0.3) is 5.91 Å². The first-order valence-corrected chi connectivity index (χ1v) is 9.12. The van der Waals surface area contributed by atoms with Gasteiger partial charge in [-0.15, -0.1) is 0 Å². The van der Waals surface area contributed by atoms with Crippen LogP contribution in [0.4, 0.5) is 18.9 Å². The number of aromatic nitrogens is 1. The number of anilines is 1. The van der Waals surface area contributed by atoms with Crippen molar-refractivity contribution in [3.63, 3.8) is 0 Å². The normalized spacial score (nSPS) is 15.8. The Bertz CT molecular complexity index is 894. The molecule has 1 aromatic carbocycles. The van der Waals surface area contributed by atoms with Crippen LogP contribution in [0.15, 0.2) is 42.5 Å². The maximum Gasteiger partial charge on any atom is 0.433 e. The summed E-state index contributed by atoms with van der Waals surface area (Å²) in [7, 11) is 0. The molecule has 1 aliphatic rings. The van der Waals surface area contributed by atoms with E-state index >= 15 is 0 Å². The molecule has 1 amide bonds. The first-order chi connectivity index (χ1) is 13.7. The number of carboxylic acid groups (broad SMARTS) is 1. The third kappa shape index (κ3) is 5.54. The largest absolute Gasteiger partial charge is 0.481 e. The SMILES string of the molecule is O=C(Nc1cccc(CN2CCC(C(=O)O)CC2)c1)c1cccc(C(F)(F)F)n1. The highest BCUT2D eigenvalue weighted by atomic mass is 19.4. The Hall–Kier alpha value is -2.94. The van der Waals surface area contributed by atoms with E-state index in [4.69, 9.17) is 5.11 Å². The minimum atomic E-state index is -4.62. The van der Waals surface area contributed by atoms with Crippen LogP contribution in [0, 0.1) is 5.92 Å². The van der Waals surface area contributed by atoms with Crippen molar-refractivity contribution in [2.24, 2.45) is 5.92 Å². The predicted molar refractivity (Wildman–Crippen MR) is 99.3 cm³/mol. The molecule has 29 heavy (non-hydrogen) atoms. The Labute approximate surface area is 165 Å². The summed E-state index contributed by atoms with van der Waals surface area (Å²) in [4.78, 5) is 28.8. The van der Waals surface area contributed by atoms with Gasteiger partial charge in [-0.2, -0.15) is 13.2 Å². The van der Waals surface area contributed by atoms with Crippen molar-refractivity contribution >= 4 is 17.6 Å². The molecule has 0 spiro atoms. The summed E-state index contributed by atoms with van der Waals surface area (Å²) in [5.41, 5.74) is -0.0784. The lowest BCUT2D eigenvalue weighted by Crippen LogP contribution is -2.35. The molecule has 1 aliphatic heterocycles. The molecule has 3 rings (SSSR count). The lowest BCUT2D eigenvalue weighted by atomic mass is 9.97. The number of nitrogens with one attached hydrogen (secondary N) is 1. The minimum absolute atomic E-state index is 0.308. The van der Waals surface area contributed by atoms with Crippen LogP contribution >= 0.6 is 0 Å². The molecule has 2 N–H and O–H groups in total. The molecule has 1 aromatic heterocycles. The van der Waals surface area contributed by atoms with E-state index < -0.39 is 23.7 Å². The molecule has 1 fully saturated rings. The Kier molecular flexibility index (Phi) is 6.17. The summed E-state index contributed by atoms with van der Waals surface area (Å²) in [6, 6.07) is 10.2. The first-order valence-electron chi connectivity index (χ1n) is 9.12. The number of carbonyl (C=O) groups excluding carboxylic acids is 1. The Morgan fingerprint density at radius 3 is 2.48 bits per heavy atom. The quantitative estimate of drug-likeness (QED) is 0.791. The van der Waals surface area contributed by atoms with Crippen LogP contribution in [-0.4, -0.2) is 40.0 Å². The third-order valence-electron chi connectivity index (χ3n) is 4.80. The molecule has 0 atom stereocenters. The summed E-state index contributed by atoms with van der Waals surface area (Å²) in [6.07, 6.45) is -3.44. The van der Waals surface area contributed by atoms with Crippen LogP contribution in [0.1, 0.15) is 34.6 Å². The topological polar surface area (TPSA) is 82.5 Å². The second-order valence-electron chi connectivity index (χ2n) is 6.95. The molecule has 2 aromatic rings. The lowest BCUT2D eigenvalue weighted by molar-refractivity contribution is -0.143. The molecule has 9 heteroatoms. The summed E-state index contributed by atoms with van der Waals surface area (Å²) in [6.45, 7) is 1.93. The Balaban J connectivity index is 1.63. The van der Waals surface area contributed by atoms with Crippen molar-refractivity contribution in [3.05, 3.63) is 59.4 Å². The van der Waals surface area contributed by atoms with Gasteiger partial charge in [0.2, 0.25) is 0 Å². The number of rotatable bonds is 5. The average Bonchev–Trinajstić information content (AvgIpc) is 2.68. The number of carboxylic acids is 1. The fourth-order valence-electron chi connectivity index (χ4n) is 3.26. The lowest BCUT2D eigenvalue weighted by Gasteiger charge is -2.30. The van der Waals surface area contributed by atoms with Crippen LogP contribution in [0.2, 0.25) is 0 Å². The number of alkyl halides is 3. The van der Waals surface area contributed by atoms with Crippen LogP contribution < -0.4 is 5.32 Å². The molecule has 1 saturated heterocycles. The van der Waals surface area contributed by atoms with Crippen molar-refractivity contribution in [2.45, 2.75) is 25.6 Å². The van der Waals surface area contributed by atoms with E-state index in [2.05, 4.69) is 15.2 Å². The van der Waals surface area contributed by atoms with Gasteiger partial charge in [-0.25, -0.2) is 4.98 Å². The van der Waals surface area contributed by atoms with E-state index in [1.54, 1.807) is 18.2 Å². The number of amides is 1. The zero-order chi connectivity index (χ0) is 21.0. The highest BCUT2D eigenvalue weighted by molar-refractivity contribution is 6.02. The van der Waals surface area contributed by atoms with Crippen molar-refractivity contribution in [3.8, 4) is 0 Å². The molecule has 0 radical (unpaired) electrons. The van der Waals surface area contributed by atoms with Crippen molar-refractivity contribution in [1.29, 1.82) is 0 Å². The van der Waals surface area contributed by atoms with E-state index in [9.17, 15) is 22.8 Å². The Morgan fingerprint density at radius 1 is 1.14 bits per heavy atom. The molecule has 0 unspecified atom stereocenters. The van der Waals surface area contributed by atoms with Crippen molar-refractivity contribution in [2.75, 3.05) is 18.4 Å². The van der Waals surface area contributed by atoms with E-state index in [-0.39, 0.29) is 11.6 Å². The number of halogens is 3. The maximum absolute atomic E-state index is 12.8. The number of carbonyl (C=O) groups is 2. The molecule has 0 aliphatic carbocycles. The van der Waals surface area contributed by atoms with Crippen molar-refractivity contribution in [1.82, 2.24) is 9.88 Å². The van der Waals surface area contributed by atoms with Gasteiger partial charge in [0, 0.05) is 12.2 Å². The van der Waals surface area contributed by atoms with Gasteiger partial charge in [-0.3, -0.25) is 14.5 Å². The van der Waals surface area contributed by atoms with Crippen LogP contribution in [0.5, 0.6) is 0 Å². The molecule has 0 saturated carbocycles. The predicted octanol–water partition coefficient (Wildman–Crippen LogP) is 3.65. The number of aliphatic carboxylic acids is 1. The van der Waals surface area contributed by atoms with Gasteiger partial charge in [0.15, 0.2) is 0 Å². The monoisotopic (exact) mass is 407 g/mol. The summed E-state index contributed by atoms with van der Waals surface area (Å²) in [5.74, 6) is -1.80. The van der Waals surface area contributed by atoms with Gasteiger partial charge >= 0.3 is 12.1 Å². The third-order valence-corrected chi connectivity index (χ3v) is 4.80. The van der Waals surface area contributed by atoms with Crippen LogP contribution in [-0.2, 0) is 17.5 Å². The Morgan fingerprint density at radius 2 is 1.83 bits per heavy atom. The second kappa shape index (κ2) is 8.60. The van der Waals surface area contributed by atoms with Gasteiger partial charge in [-0.05, 0) is 55.8 Å². The summed E-state index contributed by atoms with van der Waals surface area (Å²) in [5, 5.41) is 11.6. The highest BCUT2D eigenvalue weighted by Crippen LogP contribution is 2.27. The van der Waals surface area contributed by atoms with Gasteiger partial charge in [-0.1, -0.05) is 18.2 Å². The molecule has 154 valence electrons.